The Balaban J connectivity index is 3.01. The van der Waals surface area contributed by atoms with Crippen molar-refractivity contribution >= 4 is 22.9 Å². The number of hydrogen-bond donors (Lipinski definition) is 2. The van der Waals surface area contributed by atoms with E-state index in [-0.39, 0.29) is 28.4 Å². The van der Waals surface area contributed by atoms with Crippen LogP contribution >= 0.6 is 12.2 Å². The summed E-state index contributed by atoms with van der Waals surface area (Å²) in [6, 6.07) is 6.09. The molecular weight excluding hydrogens is 301 g/mol. The van der Waals surface area contributed by atoms with Crippen molar-refractivity contribution in [3.05, 3.63) is 53.8 Å². The average Bonchev–Trinajstić information content (AvgIpc) is 2.39. The van der Waals surface area contributed by atoms with Crippen LogP contribution in [-0.4, -0.2) is 10.1 Å². The van der Waals surface area contributed by atoms with Gasteiger partial charge in [-0.25, -0.2) is 0 Å². The highest BCUT2D eigenvalue weighted by atomic mass is 32.1. The minimum Gasteiger partial charge on any atom is -0.510 e. The summed E-state index contributed by atoms with van der Waals surface area (Å²) in [5.74, 6) is -0.294. The van der Waals surface area contributed by atoms with Crippen molar-refractivity contribution < 1.29 is 18.3 Å². The Bertz CT molecular complexity index is 630. The number of aliphatic hydroxyl groups excluding tert-OH is 1. The summed E-state index contributed by atoms with van der Waals surface area (Å²) < 4.78 is 37.8. The first-order valence-electron chi connectivity index (χ1n) is 5.71. The Morgan fingerprint density at radius 1 is 1.48 bits per heavy atom. The van der Waals surface area contributed by atoms with Crippen LogP contribution in [0.3, 0.4) is 0 Å². The van der Waals surface area contributed by atoms with Crippen LogP contribution in [0, 0.1) is 11.3 Å². The highest BCUT2D eigenvalue weighted by Crippen LogP contribution is 2.30. The van der Waals surface area contributed by atoms with Gasteiger partial charge < -0.3 is 10.4 Å². The van der Waals surface area contributed by atoms with Gasteiger partial charge in [-0.2, -0.15) is 18.4 Å². The van der Waals surface area contributed by atoms with E-state index in [9.17, 15) is 18.3 Å². The lowest BCUT2D eigenvalue weighted by Crippen LogP contribution is -2.14. The number of alkyl halides is 3. The molecule has 0 aliphatic rings. The molecule has 0 atom stereocenters. The fourth-order valence-electron chi connectivity index (χ4n) is 1.45. The lowest BCUT2D eigenvalue weighted by molar-refractivity contribution is -0.137. The molecule has 0 fully saturated rings. The van der Waals surface area contributed by atoms with E-state index in [0.29, 0.717) is 0 Å². The first-order valence-corrected chi connectivity index (χ1v) is 6.12. The standard InChI is InChI=1S/C14H11F3N2OS/c1-2-4-12(20)11(8-18)13(21)19-10-6-3-5-9(7-10)14(15,16)17/h2-3,5-7,20H,1,4H2,(H,19,21)/b12-11-. The summed E-state index contributed by atoms with van der Waals surface area (Å²) in [4.78, 5) is -0.156. The summed E-state index contributed by atoms with van der Waals surface area (Å²) in [7, 11) is 0. The van der Waals surface area contributed by atoms with Gasteiger partial charge in [-0.05, 0) is 18.2 Å². The van der Waals surface area contributed by atoms with Crippen LogP contribution in [0.1, 0.15) is 12.0 Å². The van der Waals surface area contributed by atoms with Crippen molar-refractivity contribution in [3.8, 4) is 6.07 Å². The van der Waals surface area contributed by atoms with E-state index in [4.69, 9.17) is 17.5 Å². The normalized spacial score (nSPS) is 12.1. The molecule has 1 aromatic carbocycles. The largest absolute Gasteiger partial charge is 0.510 e. The van der Waals surface area contributed by atoms with Gasteiger partial charge in [-0.3, -0.25) is 0 Å². The van der Waals surface area contributed by atoms with Crippen molar-refractivity contribution in [2.24, 2.45) is 0 Å². The van der Waals surface area contributed by atoms with E-state index >= 15 is 0 Å². The Hall–Kier alpha value is -2.33. The Morgan fingerprint density at radius 3 is 2.67 bits per heavy atom. The van der Waals surface area contributed by atoms with Crippen LogP contribution < -0.4 is 5.32 Å². The van der Waals surface area contributed by atoms with Crippen LogP contribution in [0.5, 0.6) is 0 Å². The molecule has 1 rings (SSSR count). The van der Waals surface area contributed by atoms with Gasteiger partial charge in [0, 0.05) is 12.1 Å². The van der Waals surface area contributed by atoms with Crippen molar-refractivity contribution in [1.29, 1.82) is 5.26 Å². The molecule has 2 N–H and O–H groups in total. The fraction of sp³-hybridized carbons (Fsp3) is 0.143. The SMILES string of the molecule is C=CC/C(O)=C(\C#N)C(=S)Nc1cccc(C(F)(F)F)c1. The third-order valence-corrected chi connectivity index (χ3v) is 2.72. The molecule has 0 aromatic heterocycles. The highest BCUT2D eigenvalue weighted by Gasteiger charge is 2.30. The average molecular weight is 312 g/mol. The van der Waals surface area contributed by atoms with Gasteiger partial charge in [0.05, 0.1) is 5.56 Å². The van der Waals surface area contributed by atoms with Crippen molar-refractivity contribution in [1.82, 2.24) is 0 Å². The maximum absolute atomic E-state index is 12.6. The molecule has 0 heterocycles. The topological polar surface area (TPSA) is 56.0 Å². The summed E-state index contributed by atoms with van der Waals surface area (Å²) in [5.41, 5.74) is -0.968. The molecule has 3 nitrogen and oxygen atoms in total. The maximum atomic E-state index is 12.6. The minimum atomic E-state index is -4.47. The molecule has 0 aliphatic heterocycles. The zero-order valence-electron chi connectivity index (χ0n) is 10.7. The van der Waals surface area contributed by atoms with Crippen LogP contribution in [0.2, 0.25) is 0 Å². The molecule has 7 heteroatoms. The number of rotatable bonds is 4. The fourth-order valence-corrected chi connectivity index (χ4v) is 1.73. The Labute approximate surface area is 125 Å². The monoisotopic (exact) mass is 312 g/mol. The van der Waals surface area contributed by atoms with Crippen LogP contribution in [0.15, 0.2) is 48.3 Å². The molecule has 0 bridgehead atoms. The van der Waals surface area contributed by atoms with Gasteiger partial charge in [0.15, 0.2) is 0 Å². The number of nitrogens with one attached hydrogen (secondary N) is 1. The third kappa shape index (κ3) is 4.61. The van der Waals surface area contributed by atoms with E-state index in [2.05, 4.69) is 11.9 Å². The highest BCUT2D eigenvalue weighted by molar-refractivity contribution is 7.81. The zero-order valence-corrected chi connectivity index (χ0v) is 11.6. The Morgan fingerprint density at radius 2 is 2.14 bits per heavy atom. The molecule has 0 spiro atoms. The molecule has 110 valence electrons. The molecule has 0 saturated carbocycles. The van der Waals surface area contributed by atoms with E-state index < -0.39 is 11.7 Å². The number of nitrogens with zero attached hydrogens (tertiary/aromatic N) is 1. The smallest absolute Gasteiger partial charge is 0.416 e. The molecule has 0 saturated heterocycles. The van der Waals surface area contributed by atoms with Crippen molar-refractivity contribution in [2.45, 2.75) is 12.6 Å². The second-order valence-corrected chi connectivity index (χ2v) is 4.37. The van der Waals surface area contributed by atoms with Gasteiger partial charge in [-0.1, -0.05) is 24.4 Å². The van der Waals surface area contributed by atoms with Gasteiger partial charge in [0.25, 0.3) is 0 Å². The van der Waals surface area contributed by atoms with Crippen LogP contribution in [0.4, 0.5) is 18.9 Å². The number of halogens is 3. The minimum absolute atomic E-state index is 0.0350. The Kier molecular flexibility index (Phi) is 5.50. The first kappa shape index (κ1) is 16.7. The van der Waals surface area contributed by atoms with E-state index in [1.54, 1.807) is 6.07 Å². The zero-order chi connectivity index (χ0) is 16.0. The lowest BCUT2D eigenvalue weighted by Gasteiger charge is -2.11. The second-order valence-electron chi connectivity index (χ2n) is 3.96. The van der Waals surface area contributed by atoms with Gasteiger partial charge in [0.1, 0.15) is 22.4 Å². The first-order chi connectivity index (χ1) is 9.79. The van der Waals surface area contributed by atoms with Crippen molar-refractivity contribution in [2.75, 3.05) is 5.32 Å². The number of nitriles is 1. The number of allylic oxidation sites excluding steroid dienone is 1. The van der Waals surface area contributed by atoms with Gasteiger partial charge in [0.2, 0.25) is 0 Å². The number of thiocarbonyl (C=S) groups is 1. The predicted molar refractivity (Wildman–Crippen MR) is 77.7 cm³/mol. The number of anilines is 1. The van der Waals surface area contributed by atoms with Gasteiger partial charge in [-0.15, -0.1) is 6.58 Å². The summed E-state index contributed by atoms with van der Waals surface area (Å²) in [5, 5.41) is 21.1. The summed E-state index contributed by atoms with van der Waals surface area (Å²) >= 11 is 4.92. The van der Waals surface area contributed by atoms with Crippen molar-refractivity contribution in [3.63, 3.8) is 0 Å². The number of aliphatic hydroxyl groups is 1. The third-order valence-electron chi connectivity index (χ3n) is 2.41. The second kappa shape index (κ2) is 6.90. The molecular formula is C14H11F3N2OS. The maximum Gasteiger partial charge on any atom is 0.416 e. The predicted octanol–water partition coefficient (Wildman–Crippen LogP) is 4.36. The van der Waals surface area contributed by atoms with Crippen LogP contribution in [0.25, 0.3) is 0 Å². The molecule has 0 aliphatic carbocycles. The molecule has 0 radical (unpaired) electrons. The quantitative estimate of drug-likeness (QED) is 0.285. The van der Waals surface area contributed by atoms with E-state index in [0.717, 1.165) is 12.1 Å². The molecule has 0 unspecified atom stereocenters. The lowest BCUT2D eigenvalue weighted by atomic mass is 10.1. The summed E-state index contributed by atoms with van der Waals surface area (Å²) in [6.07, 6.45) is -3.06. The van der Waals surface area contributed by atoms with E-state index in [1.165, 1.54) is 18.2 Å². The number of hydrogen-bond acceptors (Lipinski definition) is 3. The van der Waals surface area contributed by atoms with Crippen LogP contribution in [-0.2, 0) is 6.18 Å². The van der Waals surface area contributed by atoms with E-state index in [1.807, 2.05) is 0 Å². The molecule has 0 amide bonds. The molecule has 21 heavy (non-hydrogen) atoms. The number of benzene rings is 1. The molecule has 1 aromatic rings. The van der Waals surface area contributed by atoms with Gasteiger partial charge >= 0.3 is 6.18 Å². The summed E-state index contributed by atoms with van der Waals surface area (Å²) in [6.45, 7) is 3.41.